The van der Waals surface area contributed by atoms with Gasteiger partial charge in [0.1, 0.15) is 13.2 Å². The summed E-state index contributed by atoms with van der Waals surface area (Å²) in [6.07, 6.45) is 0. The molecule has 0 saturated heterocycles. The van der Waals surface area contributed by atoms with Crippen molar-refractivity contribution in [2.24, 2.45) is 7.05 Å². The van der Waals surface area contributed by atoms with Gasteiger partial charge in [-0.2, -0.15) is 16.8 Å². The molecule has 0 N–H and O–H groups in total. The molecular formula is C35H41N3O9S2. The zero-order valence-electron chi connectivity index (χ0n) is 28.8. The quantitative estimate of drug-likeness (QED) is 0.143. The van der Waals surface area contributed by atoms with Crippen LogP contribution in [-0.4, -0.2) is 52.6 Å². The normalized spacial score (nSPS) is 13.3. The Morgan fingerprint density at radius 3 is 1.80 bits per heavy atom. The number of hydrogen-bond acceptors (Lipinski definition) is 10. The Morgan fingerprint density at radius 1 is 0.796 bits per heavy atom. The third-order valence-corrected chi connectivity index (χ3v) is 12.1. The van der Waals surface area contributed by atoms with E-state index in [9.17, 15) is 21.6 Å². The number of rotatable bonds is 10. The standard InChI is InChI=1S/C35H41N3O9S2/c1-23(39)44-19-20-45-32-31(24-9-18-29-30(21-24)47-22-46-29)33(37(8)36-32)38(48(40,41)27-14-10-25(11-15-27)34(2,3)4)49(42,43)28-16-12-26(13-17-28)35(5,6)7/h9-18,21H,19-20,22H2,1-8H3. The van der Waals surface area contributed by atoms with Crippen molar-refractivity contribution in [2.75, 3.05) is 23.7 Å². The van der Waals surface area contributed by atoms with E-state index in [0.29, 0.717) is 20.8 Å². The lowest BCUT2D eigenvalue weighted by atomic mass is 9.87. The molecule has 1 aliphatic rings. The highest BCUT2D eigenvalue weighted by Crippen LogP contribution is 2.46. The van der Waals surface area contributed by atoms with E-state index in [-0.39, 0.29) is 57.9 Å². The Labute approximate surface area is 287 Å². The van der Waals surface area contributed by atoms with E-state index in [0.717, 1.165) is 15.8 Å². The molecule has 0 fully saturated rings. The van der Waals surface area contributed by atoms with E-state index in [1.807, 2.05) is 41.5 Å². The van der Waals surface area contributed by atoms with Gasteiger partial charge >= 0.3 is 5.97 Å². The molecule has 1 aliphatic heterocycles. The summed E-state index contributed by atoms with van der Waals surface area (Å²) in [5.41, 5.74) is 1.56. The summed E-state index contributed by atoms with van der Waals surface area (Å²) in [4.78, 5) is 10.9. The Kier molecular flexibility index (Phi) is 9.52. The molecule has 4 aromatic rings. The first-order valence-electron chi connectivity index (χ1n) is 15.6. The largest absolute Gasteiger partial charge is 0.472 e. The molecule has 0 aliphatic carbocycles. The van der Waals surface area contributed by atoms with Gasteiger partial charge in [0.15, 0.2) is 17.3 Å². The van der Waals surface area contributed by atoms with Gasteiger partial charge in [-0.1, -0.05) is 71.9 Å². The van der Waals surface area contributed by atoms with Gasteiger partial charge in [0.2, 0.25) is 12.7 Å². The molecule has 0 saturated carbocycles. The monoisotopic (exact) mass is 711 g/mol. The lowest BCUT2D eigenvalue weighted by Gasteiger charge is -2.26. The van der Waals surface area contributed by atoms with Gasteiger partial charge in [0.25, 0.3) is 20.0 Å². The van der Waals surface area contributed by atoms with Gasteiger partial charge in [0.05, 0.1) is 15.4 Å². The molecule has 0 spiro atoms. The van der Waals surface area contributed by atoms with E-state index in [1.54, 1.807) is 42.5 Å². The van der Waals surface area contributed by atoms with Crippen LogP contribution < -0.4 is 17.9 Å². The van der Waals surface area contributed by atoms with Gasteiger partial charge in [-0.25, -0.2) is 4.68 Å². The van der Waals surface area contributed by atoms with Crippen LogP contribution in [0.4, 0.5) is 5.82 Å². The second kappa shape index (κ2) is 13.0. The molecule has 49 heavy (non-hydrogen) atoms. The summed E-state index contributed by atoms with van der Waals surface area (Å²) in [5.74, 6) is -0.0849. The van der Waals surface area contributed by atoms with Crippen LogP contribution in [0, 0.1) is 0 Å². The number of hydrogen-bond donors (Lipinski definition) is 0. The average Bonchev–Trinajstić information content (AvgIpc) is 3.62. The van der Waals surface area contributed by atoms with Crippen molar-refractivity contribution >= 4 is 31.8 Å². The number of fused-ring (bicyclic) bond motifs is 1. The minimum Gasteiger partial charge on any atom is -0.472 e. The summed E-state index contributed by atoms with van der Waals surface area (Å²) in [6, 6.07) is 17.1. The number of carbonyl (C=O) groups is 1. The summed E-state index contributed by atoms with van der Waals surface area (Å²) in [5, 5.41) is 4.44. The van der Waals surface area contributed by atoms with Gasteiger partial charge in [-0.3, -0.25) is 4.79 Å². The Hall–Kier alpha value is -4.56. The van der Waals surface area contributed by atoms with Crippen LogP contribution in [-0.2, 0) is 47.5 Å². The van der Waals surface area contributed by atoms with Crippen molar-refractivity contribution in [1.82, 2.24) is 9.78 Å². The van der Waals surface area contributed by atoms with E-state index in [2.05, 4.69) is 5.10 Å². The first kappa shape index (κ1) is 35.7. The second-order valence-electron chi connectivity index (χ2n) is 13.6. The summed E-state index contributed by atoms with van der Waals surface area (Å²) in [7, 11) is -8.26. The molecule has 5 rings (SSSR count). The number of benzene rings is 3. The topological polar surface area (TPSA) is 143 Å². The number of sulfonamides is 2. The van der Waals surface area contributed by atoms with Gasteiger partial charge < -0.3 is 18.9 Å². The zero-order valence-corrected chi connectivity index (χ0v) is 30.4. The first-order valence-corrected chi connectivity index (χ1v) is 18.4. The Morgan fingerprint density at radius 2 is 1.31 bits per heavy atom. The Balaban J connectivity index is 1.77. The fraction of sp³-hybridized carbons (Fsp3) is 0.371. The van der Waals surface area contributed by atoms with Crippen LogP contribution in [0.5, 0.6) is 17.4 Å². The fourth-order valence-corrected chi connectivity index (χ4v) is 9.00. The number of carbonyl (C=O) groups excluding carboxylic acids is 1. The molecule has 2 heterocycles. The molecule has 0 radical (unpaired) electrons. The highest BCUT2D eigenvalue weighted by atomic mass is 32.3. The lowest BCUT2D eigenvalue weighted by molar-refractivity contribution is -0.141. The molecule has 12 nitrogen and oxygen atoms in total. The van der Waals surface area contributed by atoms with Crippen molar-refractivity contribution in [3.05, 3.63) is 77.9 Å². The van der Waals surface area contributed by atoms with E-state index < -0.39 is 26.0 Å². The Bertz CT molecular complexity index is 1990. The molecule has 1 aromatic heterocycles. The number of aromatic nitrogens is 2. The average molecular weight is 712 g/mol. The predicted molar refractivity (Wildman–Crippen MR) is 184 cm³/mol. The van der Waals surface area contributed by atoms with E-state index in [1.165, 1.54) is 38.2 Å². The number of anilines is 1. The van der Waals surface area contributed by atoms with Crippen molar-refractivity contribution < 1.29 is 40.6 Å². The fourth-order valence-electron chi connectivity index (χ4n) is 5.23. The molecule has 14 heteroatoms. The molecule has 262 valence electrons. The van der Waals surface area contributed by atoms with Crippen LogP contribution in [0.15, 0.2) is 76.5 Å². The SMILES string of the molecule is CC(=O)OCCOc1nn(C)c(N(S(=O)(=O)c2ccc(C(C)(C)C)cc2)S(=O)(=O)c2ccc(C(C)(C)C)cc2)c1-c1ccc2c(c1)OCO2. The smallest absolute Gasteiger partial charge is 0.302 e. The van der Waals surface area contributed by atoms with Gasteiger partial charge in [0, 0.05) is 14.0 Å². The summed E-state index contributed by atoms with van der Waals surface area (Å²) >= 11 is 0. The van der Waals surface area contributed by atoms with Crippen molar-refractivity contribution in [1.29, 1.82) is 0 Å². The molecule has 3 aromatic carbocycles. The molecule has 0 atom stereocenters. The minimum absolute atomic E-state index is 0.0194. The maximum atomic E-state index is 14.8. The van der Waals surface area contributed by atoms with Crippen LogP contribution >= 0.6 is 0 Å². The number of nitrogens with zero attached hydrogens (tertiary/aromatic N) is 3. The minimum atomic E-state index is -4.84. The third kappa shape index (κ3) is 7.25. The molecular weight excluding hydrogens is 671 g/mol. The lowest BCUT2D eigenvalue weighted by Crippen LogP contribution is -2.38. The summed E-state index contributed by atoms with van der Waals surface area (Å²) < 4.78 is 82.6. The maximum Gasteiger partial charge on any atom is 0.302 e. The summed E-state index contributed by atoms with van der Waals surface area (Å²) in [6.45, 7) is 12.9. The highest BCUT2D eigenvalue weighted by Gasteiger charge is 2.42. The first-order chi connectivity index (χ1) is 22.8. The molecule has 0 bridgehead atoms. The van der Waals surface area contributed by atoms with Crippen molar-refractivity contribution in [3.63, 3.8) is 0 Å². The predicted octanol–water partition coefficient (Wildman–Crippen LogP) is 5.94. The van der Waals surface area contributed by atoms with E-state index >= 15 is 0 Å². The van der Waals surface area contributed by atoms with Crippen LogP contribution in [0.1, 0.15) is 59.6 Å². The molecule has 0 amide bonds. The van der Waals surface area contributed by atoms with Crippen molar-refractivity contribution in [3.8, 4) is 28.5 Å². The second-order valence-corrected chi connectivity index (χ2v) is 17.4. The van der Waals surface area contributed by atoms with Crippen molar-refractivity contribution in [2.45, 2.75) is 69.1 Å². The number of aryl methyl sites for hydroxylation is 1. The highest BCUT2D eigenvalue weighted by molar-refractivity contribution is 8.10. The van der Waals surface area contributed by atoms with Crippen LogP contribution in [0.3, 0.4) is 0 Å². The van der Waals surface area contributed by atoms with Gasteiger partial charge in [-0.05, 0) is 63.9 Å². The van der Waals surface area contributed by atoms with Gasteiger partial charge in [-0.15, -0.1) is 8.81 Å². The third-order valence-electron chi connectivity index (χ3n) is 7.92. The van der Waals surface area contributed by atoms with Crippen LogP contribution in [0.2, 0.25) is 0 Å². The zero-order chi connectivity index (χ0) is 35.9. The number of ether oxygens (including phenoxy) is 4. The van der Waals surface area contributed by atoms with Crippen LogP contribution in [0.25, 0.3) is 11.1 Å². The molecule has 0 unspecified atom stereocenters. The number of esters is 1. The van der Waals surface area contributed by atoms with E-state index in [4.69, 9.17) is 18.9 Å². The maximum absolute atomic E-state index is 14.8.